The molecule has 0 saturated carbocycles. The van der Waals surface area contributed by atoms with Crippen molar-refractivity contribution in [2.75, 3.05) is 5.32 Å². The molecule has 0 aliphatic heterocycles. The number of nitrogens with one attached hydrogen (secondary N) is 2. The van der Waals surface area contributed by atoms with Gasteiger partial charge in [-0.05, 0) is 43.7 Å². The van der Waals surface area contributed by atoms with E-state index in [0.717, 1.165) is 10.2 Å². The molecule has 2 N–H and O–H groups in total. The molecule has 0 fully saturated rings. The maximum absolute atomic E-state index is 12.0. The van der Waals surface area contributed by atoms with Crippen molar-refractivity contribution in [1.29, 1.82) is 0 Å². The van der Waals surface area contributed by atoms with Gasteiger partial charge in [-0.3, -0.25) is 4.79 Å². The lowest BCUT2D eigenvalue weighted by Crippen LogP contribution is -2.32. The molecule has 0 spiro atoms. The standard InChI is InChI=1S/C18H21BrN2O/c1-13(11-18(22)21-17-9-4-3-5-10-17)20-14(2)15-7-6-8-16(19)12-15/h3-10,12-14,20H,11H2,1-2H3,(H,21,22)/t13-,14-/m0/s1. The van der Waals surface area contributed by atoms with Crippen LogP contribution in [0.15, 0.2) is 59.1 Å². The first-order valence-electron chi connectivity index (χ1n) is 7.41. The van der Waals surface area contributed by atoms with E-state index in [2.05, 4.69) is 45.6 Å². The summed E-state index contributed by atoms with van der Waals surface area (Å²) in [5.74, 6) is 0.0210. The molecule has 22 heavy (non-hydrogen) atoms. The first-order chi connectivity index (χ1) is 10.5. The number of amides is 1. The van der Waals surface area contributed by atoms with Crippen LogP contribution in [-0.2, 0) is 4.79 Å². The summed E-state index contributed by atoms with van der Waals surface area (Å²) in [5, 5.41) is 6.37. The first-order valence-corrected chi connectivity index (χ1v) is 8.20. The van der Waals surface area contributed by atoms with Crippen molar-refractivity contribution in [1.82, 2.24) is 5.32 Å². The Hall–Kier alpha value is -1.65. The monoisotopic (exact) mass is 360 g/mol. The summed E-state index contributed by atoms with van der Waals surface area (Å²) in [6.07, 6.45) is 0.438. The van der Waals surface area contributed by atoms with E-state index in [1.54, 1.807) is 0 Å². The molecule has 0 radical (unpaired) electrons. The fourth-order valence-corrected chi connectivity index (χ4v) is 2.79. The quantitative estimate of drug-likeness (QED) is 0.795. The van der Waals surface area contributed by atoms with E-state index in [0.29, 0.717) is 6.42 Å². The summed E-state index contributed by atoms with van der Waals surface area (Å²) in [6, 6.07) is 18.0. The minimum atomic E-state index is 0.0210. The number of para-hydroxylation sites is 1. The Kier molecular flexibility index (Phi) is 6.16. The van der Waals surface area contributed by atoms with E-state index in [9.17, 15) is 4.79 Å². The van der Waals surface area contributed by atoms with Crippen LogP contribution in [-0.4, -0.2) is 11.9 Å². The summed E-state index contributed by atoms with van der Waals surface area (Å²) in [6.45, 7) is 4.13. The van der Waals surface area contributed by atoms with Crippen LogP contribution in [0.4, 0.5) is 5.69 Å². The van der Waals surface area contributed by atoms with Gasteiger partial charge in [0.1, 0.15) is 0 Å². The summed E-state index contributed by atoms with van der Waals surface area (Å²) in [5.41, 5.74) is 2.03. The predicted octanol–water partition coefficient (Wildman–Crippen LogP) is 4.52. The van der Waals surface area contributed by atoms with Gasteiger partial charge in [-0.25, -0.2) is 0 Å². The molecule has 4 heteroatoms. The van der Waals surface area contributed by atoms with Gasteiger partial charge >= 0.3 is 0 Å². The molecule has 0 bridgehead atoms. The largest absolute Gasteiger partial charge is 0.326 e. The fourth-order valence-electron chi connectivity index (χ4n) is 2.37. The van der Waals surface area contributed by atoms with Gasteiger partial charge in [-0.1, -0.05) is 46.3 Å². The van der Waals surface area contributed by atoms with Crippen LogP contribution in [0.3, 0.4) is 0 Å². The number of hydrogen-bond donors (Lipinski definition) is 2. The zero-order chi connectivity index (χ0) is 15.9. The van der Waals surface area contributed by atoms with E-state index in [1.807, 2.05) is 49.4 Å². The number of carbonyl (C=O) groups is 1. The van der Waals surface area contributed by atoms with Crippen LogP contribution in [0, 0.1) is 0 Å². The Morgan fingerprint density at radius 1 is 1.09 bits per heavy atom. The second kappa shape index (κ2) is 8.11. The van der Waals surface area contributed by atoms with Gasteiger partial charge in [0.25, 0.3) is 0 Å². The van der Waals surface area contributed by atoms with Gasteiger partial charge in [0.2, 0.25) is 5.91 Å². The van der Waals surface area contributed by atoms with Crippen LogP contribution in [0.1, 0.15) is 31.9 Å². The third-order valence-electron chi connectivity index (χ3n) is 3.43. The maximum Gasteiger partial charge on any atom is 0.225 e. The lowest BCUT2D eigenvalue weighted by atomic mass is 10.1. The fraction of sp³-hybridized carbons (Fsp3) is 0.278. The lowest BCUT2D eigenvalue weighted by molar-refractivity contribution is -0.116. The molecular formula is C18H21BrN2O. The summed E-state index contributed by atoms with van der Waals surface area (Å²) >= 11 is 3.48. The summed E-state index contributed by atoms with van der Waals surface area (Å²) in [7, 11) is 0. The smallest absolute Gasteiger partial charge is 0.225 e. The van der Waals surface area contributed by atoms with E-state index in [1.165, 1.54) is 5.56 Å². The average Bonchev–Trinajstić information content (AvgIpc) is 2.47. The van der Waals surface area contributed by atoms with E-state index < -0.39 is 0 Å². The molecule has 1 amide bonds. The molecule has 116 valence electrons. The topological polar surface area (TPSA) is 41.1 Å². The van der Waals surface area contributed by atoms with Crippen molar-refractivity contribution in [2.45, 2.75) is 32.4 Å². The summed E-state index contributed by atoms with van der Waals surface area (Å²) in [4.78, 5) is 12.0. The average molecular weight is 361 g/mol. The Labute approximate surface area is 140 Å². The third kappa shape index (κ3) is 5.28. The Morgan fingerprint density at radius 2 is 1.82 bits per heavy atom. The van der Waals surface area contributed by atoms with E-state index in [4.69, 9.17) is 0 Å². The molecule has 3 nitrogen and oxygen atoms in total. The second-order valence-corrected chi connectivity index (χ2v) is 6.38. The van der Waals surface area contributed by atoms with Crippen molar-refractivity contribution >= 4 is 27.5 Å². The molecule has 2 aromatic carbocycles. The van der Waals surface area contributed by atoms with Gasteiger partial charge in [0, 0.05) is 28.7 Å². The number of anilines is 1. The minimum absolute atomic E-state index is 0.0210. The van der Waals surface area contributed by atoms with Crippen molar-refractivity contribution < 1.29 is 4.79 Å². The molecule has 0 heterocycles. The van der Waals surface area contributed by atoms with Gasteiger partial charge in [-0.2, -0.15) is 0 Å². The van der Waals surface area contributed by atoms with Crippen LogP contribution in [0.2, 0.25) is 0 Å². The predicted molar refractivity (Wildman–Crippen MR) is 94.8 cm³/mol. The number of benzene rings is 2. The first kappa shape index (κ1) is 16.7. The highest BCUT2D eigenvalue weighted by Crippen LogP contribution is 2.18. The van der Waals surface area contributed by atoms with Gasteiger partial charge in [0.05, 0.1) is 0 Å². The molecule has 2 atom stereocenters. The molecule has 0 aliphatic carbocycles. The van der Waals surface area contributed by atoms with Gasteiger partial charge in [0.15, 0.2) is 0 Å². The highest BCUT2D eigenvalue weighted by Gasteiger charge is 2.13. The highest BCUT2D eigenvalue weighted by molar-refractivity contribution is 9.10. The van der Waals surface area contributed by atoms with Gasteiger partial charge in [-0.15, -0.1) is 0 Å². The zero-order valence-electron chi connectivity index (χ0n) is 12.8. The zero-order valence-corrected chi connectivity index (χ0v) is 14.4. The SMILES string of the molecule is C[C@H](N[C@@H](C)CC(=O)Nc1ccccc1)c1cccc(Br)c1. The highest BCUT2D eigenvalue weighted by atomic mass is 79.9. The lowest BCUT2D eigenvalue weighted by Gasteiger charge is -2.20. The molecule has 2 aromatic rings. The third-order valence-corrected chi connectivity index (χ3v) is 3.93. The number of carbonyl (C=O) groups excluding carboxylic acids is 1. The van der Waals surface area contributed by atoms with E-state index in [-0.39, 0.29) is 18.0 Å². The molecular weight excluding hydrogens is 340 g/mol. The molecule has 2 rings (SSSR count). The summed E-state index contributed by atoms with van der Waals surface area (Å²) < 4.78 is 1.06. The number of rotatable bonds is 6. The molecule has 0 aliphatic rings. The van der Waals surface area contributed by atoms with Gasteiger partial charge < -0.3 is 10.6 Å². The minimum Gasteiger partial charge on any atom is -0.326 e. The molecule has 0 saturated heterocycles. The van der Waals surface area contributed by atoms with Crippen LogP contribution in [0.5, 0.6) is 0 Å². The molecule has 0 unspecified atom stereocenters. The van der Waals surface area contributed by atoms with Crippen molar-refractivity contribution in [3.63, 3.8) is 0 Å². The Bertz CT molecular complexity index is 615. The van der Waals surface area contributed by atoms with E-state index >= 15 is 0 Å². The number of hydrogen-bond acceptors (Lipinski definition) is 2. The van der Waals surface area contributed by atoms with Crippen LogP contribution < -0.4 is 10.6 Å². The van der Waals surface area contributed by atoms with Crippen molar-refractivity contribution in [3.05, 3.63) is 64.6 Å². The second-order valence-electron chi connectivity index (χ2n) is 5.46. The van der Waals surface area contributed by atoms with Crippen molar-refractivity contribution in [2.24, 2.45) is 0 Å². The van der Waals surface area contributed by atoms with Crippen LogP contribution in [0.25, 0.3) is 0 Å². The normalized spacial score (nSPS) is 13.4. The maximum atomic E-state index is 12.0. The van der Waals surface area contributed by atoms with Crippen molar-refractivity contribution in [3.8, 4) is 0 Å². The Balaban J connectivity index is 1.84. The van der Waals surface area contributed by atoms with Crippen LogP contribution >= 0.6 is 15.9 Å². The Morgan fingerprint density at radius 3 is 2.50 bits per heavy atom. The molecule has 0 aromatic heterocycles. The number of halogens is 1.